The summed E-state index contributed by atoms with van der Waals surface area (Å²) in [7, 11) is 5.86. The molecule has 2 heterocycles. The smallest absolute Gasteiger partial charge is 0.343 e. The Hall–Kier alpha value is -20.2. The lowest BCUT2D eigenvalue weighted by Crippen LogP contribution is -2.63. The predicted molar refractivity (Wildman–Crippen MR) is 470 cm³/mol. The number of phenols is 25. The first-order chi connectivity index (χ1) is 67.5. The van der Waals surface area contributed by atoms with Gasteiger partial charge in [-0.05, 0) is 165 Å². The lowest BCUT2D eigenvalue weighted by molar-refractivity contribution is -0.282. The molecule has 143 heavy (non-hydrogen) atoms. The molecule has 13 rings (SSSR count). The van der Waals surface area contributed by atoms with Gasteiger partial charge in [0, 0.05) is 25.8 Å². The van der Waals surface area contributed by atoms with Crippen LogP contribution in [0.25, 0.3) is 0 Å². The molecule has 0 aliphatic carbocycles. The Morgan fingerprint density at radius 1 is 0.294 bits per heavy atom. The average molecular weight is 1990 g/mol. The van der Waals surface area contributed by atoms with Crippen molar-refractivity contribution in [3.8, 4) is 178 Å². The van der Waals surface area contributed by atoms with E-state index in [2.05, 4.69) is 47.1 Å². The number of benzene rings is 11. The van der Waals surface area contributed by atoms with Crippen molar-refractivity contribution in [3.63, 3.8) is 0 Å². The summed E-state index contributed by atoms with van der Waals surface area (Å²) in [5.41, 5.74) is -8.64. The number of rotatable bonds is 28. The molecule has 5 atom stereocenters. The summed E-state index contributed by atoms with van der Waals surface area (Å²) in [4.78, 5) is 151. The monoisotopic (exact) mass is 1990 g/mol. The van der Waals surface area contributed by atoms with Gasteiger partial charge in [-0.15, -0.1) is 0 Å². The normalized spacial score (nSPS) is 14.1. The molecular weight excluding hydrogens is 1910 g/mol. The molecule has 0 saturated carbocycles. The number of aromatic nitrogens is 1. The van der Waals surface area contributed by atoms with Gasteiger partial charge in [0.1, 0.15) is 24.3 Å². The number of nitrogens with zero attached hydrogens (tertiary/aromatic N) is 3. The highest BCUT2D eigenvalue weighted by atomic mass is 16.8. The first kappa shape index (κ1) is 102. The van der Waals surface area contributed by atoms with Gasteiger partial charge in [-0.3, -0.25) is 0 Å². The number of hydrogen-bond donors (Lipinski definition) is 25. The van der Waals surface area contributed by atoms with Crippen LogP contribution in [0, 0.1) is 0 Å². The van der Waals surface area contributed by atoms with Crippen LogP contribution in [0.1, 0.15) is 109 Å². The van der Waals surface area contributed by atoms with Crippen molar-refractivity contribution in [1.82, 2.24) is 9.88 Å². The highest BCUT2D eigenvalue weighted by Crippen LogP contribution is 2.48. The molecule has 50 nitrogen and oxygen atoms in total. The van der Waals surface area contributed by atoms with Crippen molar-refractivity contribution in [1.29, 1.82) is 0 Å². The van der Waals surface area contributed by atoms with E-state index in [-0.39, 0.29) is 0 Å². The van der Waals surface area contributed by atoms with E-state index in [1.807, 2.05) is 30.5 Å². The molecule has 12 aromatic rings. The molecule has 0 unspecified atom stereocenters. The van der Waals surface area contributed by atoms with E-state index < -0.39 is 325 Å². The minimum atomic E-state index is -3.12. The lowest BCUT2D eigenvalue weighted by Gasteiger charge is -2.43. The topological polar surface area (TPSA) is 807 Å². The third kappa shape index (κ3) is 23.3. The van der Waals surface area contributed by atoms with E-state index in [4.69, 9.17) is 56.8 Å². The standard InChI is InChI=1S/C76H52O46.C17H23N3O/c77-32-1-22(2-33(78)53(32)92)67(103)113-47-16-27(11-42(87)58(47)97)66(102)112-21-52-63(119-72(108)28-12-43(88)59(98)48(17-28)114-68(104)23-3-34(79)54(93)35(80)4-23)64(120-73(109)29-13-44(89)60(99)49(18-29)115-69(105)24-5-36(81)55(94)37(82)6-24)65(121-74(110)30-14-45(90)61(100)50(19-30)116-70(106)25-7-38(83)56(95)39(84)8-25)76(118-52)122-75(111)31-15-46(91)62(101)51(20-31)117-71(107)26-9-40(85)57(96)41(86)10-26;1-19(2)12-13-20(17-6-4-5-11-18-17)14-15-7-9-16(21-3)10-8-15/h1-20,52,63-65,76-101H,21H2;4-11H,12-14H2,1-3H3/t52-,63-,64+,65-,76+;/m1./s1. The van der Waals surface area contributed by atoms with Crippen LogP contribution in [0.15, 0.2) is 170 Å². The maximum Gasteiger partial charge on any atom is 0.343 e. The SMILES string of the molecule is COc1ccc(CN(CCN(C)C)c2ccccn2)cc1.O=C(OC[C@H]1O[C@@H](OC(=O)c2cc(O)c(O)c(OC(=O)c3cc(O)c(O)c(O)c3)c2)[C@H](OC(=O)c2cc(O)c(O)c(OC(=O)c3cc(O)c(O)c(O)c3)c2)[C@@H](OC(=O)c2cc(O)c(O)c(OC(=O)c3cc(O)c(O)c(O)c3)c2)[C@@H]1OC(=O)c1cc(O)c(O)c(OC(=O)c2cc(O)c(O)c(O)c2)c1)c1cc(O)c(O)c(OC(=O)c2cc(O)c(O)c(O)c2)c1. The maximum absolute atomic E-state index is 15.3. The third-order valence-electron chi connectivity index (χ3n) is 20.2. The molecule has 50 heteroatoms. The zero-order chi connectivity index (χ0) is 104. The van der Waals surface area contributed by atoms with Gasteiger partial charge in [-0.25, -0.2) is 52.9 Å². The summed E-state index contributed by atoms with van der Waals surface area (Å²) in [6.45, 7) is 1.07. The molecule has 744 valence electrons. The Bertz CT molecular complexity index is 6950. The van der Waals surface area contributed by atoms with Gasteiger partial charge in [0.2, 0.25) is 41.1 Å². The molecule has 1 aliphatic rings. The van der Waals surface area contributed by atoms with Crippen molar-refractivity contribution in [2.45, 2.75) is 37.3 Å². The summed E-state index contributed by atoms with van der Waals surface area (Å²) >= 11 is 0. The highest BCUT2D eigenvalue weighted by molar-refractivity contribution is 6.00. The summed E-state index contributed by atoms with van der Waals surface area (Å²) in [5, 5.41) is 261. The van der Waals surface area contributed by atoms with Gasteiger partial charge >= 0.3 is 59.7 Å². The van der Waals surface area contributed by atoms with Crippen LogP contribution in [-0.4, -0.2) is 269 Å². The van der Waals surface area contributed by atoms with E-state index in [1.54, 1.807) is 7.11 Å². The van der Waals surface area contributed by atoms with E-state index in [1.165, 1.54) is 5.56 Å². The molecular formula is C93H75N3O47. The molecule has 1 aliphatic heterocycles. The van der Waals surface area contributed by atoms with E-state index in [0.717, 1.165) is 31.2 Å². The van der Waals surface area contributed by atoms with Gasteiger partial charge in [0.15, 0.2) is 156 Å². The number of likely N-dealkylation sites (N-methyl/N-ethyl adjacent to an activating group) is 1. The molecule has 0 radical (unpaired) electrons. The Kier molecular flexibility index (Phi) is 30.1. The fraction of sp³-hybridized carbons (Fsp3) is 0.129. The van der Waals surface area contributed by atoms with Gasteiger partial charge in [0.05, 0.1) is 62.7 Å². The average Bonchev–Trinajstić information content (AvgIpc) is 0.763. The van der Waals surface area contributed by atoms with Crippen LogP contribution >= 0.6 is 0 Å². The molecule has 11 aromatic carbocycles. The summed E-state index contributed by atoms with van der Waals surface area (Å²) in [6.07, 6.45) is -13.2. The second kappa shape index (κ2) is 42.4. The Balaban J connectivity index is 0.000000766. The van der Waals surface area contributed by atoms with Crippen LogP contribution in [0.3, 0.4) is 0 Å². The van der Waals surface area contributed by atoms with Crippen LogP contribution < -0.4 is 33.3 Å². The molecule has 0 bridgehead atoms. The van der Waals surface area contributed by atoms with Crippen LogP contribution in [0.2, 0.25) is 0 Å². The van der Waals surface area contributed by atoms with E-state index in [0.29, 0.717) is 121 Å². The van der Waals surface area contributed by atoms with E-state index >= 15 is 14.4 Å². The van der Waals surface area contributed by atoms with Crippen molar-refractivity contribution in [2.24, 2.45) is 0 Å². The first-order valence-electron chi connectivity index (χ1n) is 40.3. The number of carbonyl (C=O) groups excluding carboxylic acids is 10. The number of methoxy groups -OCH3 is 1. The molecule has 1 saturated heterocycles. The largest absolute Gasteiger partial charge is 0.504 e. The van der Waals surface area contributed by atoms with Crippen molar-refractivity contribution in [2.75, 3.05) is 45.8 Å². The summed E-state index contributed by atoms with van der Waals surface area (Å²) in [5.74, 6) is -54.1. The number of pyridine rings is 1. The van der Waals surface area contributed by atoms with Crippen LogP contribution in [0.5, 0.6) is 178 Å². The first-order valence-corrected chi connectivity index (χ1v) is 40.3. The molecule has 0 amide bonds. The number of anilines is 1. The Morgan fingerprint density at radius 3 is 0.825 bits per heavy atom. The lowest BCUT2D eigenvalue weighted by atomic mass is 9.97. The molecule has 0 spiro atoms. The molecule has 1 aromatic heterocycles. The van der Waals surface area contributed by atoms with Crippen LogP contribution in [-0.2, 0) is 35.0 Å². The fourth-order valence-electron chi connectivity index (χ4n) is 12.9. The van der Waals surface area contributed by atoms with Crippen molar-refractivity contribution >= 4 is 65.5 Å². The zero-order valence-corrected chi connectivity index (χ0v) is 72.9. The number of aromatic hydroxyl groups is 25. The van der Waals surface area contributed by atoms with Gasteiger partial charge in [-0.1, -0.05) is 18.2 Å². The second-order valence-electron chi connectivity index (χ2n) is 30.4. The Labute approximate surface area is 797 Å². The maximum atomic E-state index is 15.3. The minimum absolute atomic E-state index is 0.295. The van der Waals surface area contributed by atoms with Gasteiger partial charge in [-0.2, -0.15) is 0 Å². The second-order valence-corrected chi connectivity index (χ2v) is 30.4. The van der Waals surface area contributed by atoms with Crippen LogP contribution in [0.4, 0.5) is 5.82 Å². The third-order valence-corrected chi connectivity index (χ3v) is 20.2. The predicted octanol–water partition coefficient (Wildman–Crippen LogP) is 7.50. The molecule has 25 N–H and O–H groups in total. The van der Waals surface area contributed by atoms with Gasteiger partial charge < -0.3 is 194 Å². The zero-order valence-electron chi connectivity index (χ0n) is 72.9. The quantitative estimate of drug-likeness (QED) is 0.00976. The Morgan fingerprint density at radius 2 is 0.552 bits per heavy atom. The number of hydrogen-bond acceptors (Lipinski definition) is 50. The number of ether oxygens (including phenoxy) is 12. The molecule has 1 fully saturated rings. The highest BCUT2D eigenvalue weighted by Gasteiger charge is 2.55. The fourth-order valence-corrected chi connectivity index (χ4v) is 12.9. The van der Waals surface area contributed by atoms with E-state index in [9.17, 15) is 161 Å². The van der Waals surface area contributed by atoms with Crippen molar-refractivity contribution < 1.29 is 232 Å². The number of phenolic OH excluding ortho intramolecular Hbond substituents is 25. The van der Waals surface area contributed by atoms with Crippen molar-refractivity contribution in [3.05, 3.63) is 231 Å². The summed E-state index contributed by atoms with van der Waals surface area (Å²) < 4.78 is 65.6. The number of esters is 10. The van der Waals surface area contributed by atoms with Gasteiger partial charge in [0.25, 0.3) is 0 Å². The summed E-state index contributed by atoms with van der Waals surface area (Å²) in [6, 6.07) is 22.8. The number of carbonyl (C=O) groups is 10. The minimum Gasteiger partial charge on any atom is -0.504 e.